The first kappa shape index (κ1) is 16.8. The highest BCUT2D eigenvalue weighted by Crippen LogP contribution is 2.40. The van der Waals surface area contributed by atoms with Crippen LogP contribution < -0.4 is 4.81 Å². The van der Waals surface area contributed by atoms with Crippen LogP contribution in [0.4, 0.5) is 11.4 Å². The molecule has 0 aliphatic heterocycles. The van der Waals surface area contributed by atoms with Crippen molar-refractivity contribution >= 4 is 41.3 Å². The summed E-state index contributed by atoms with van der Waals surface area (Å²) in [4.78, 5) is 1.72. The number of anilines is 2. The average Bonchev–Trinajstić information content (AvgIpc) is 2.99. The molecule has 4 rings (SSSR count). The zero-order chi connectivity index (χ0) is 18.5. The molecule has 2 nitrogen and oxygen atoms in total. The number of hydrogen-bond acceptors (Lipinski definition) is 2. The Bertz CT molecular complexity index is 1100. The molecule has 3 heteroatoms. The second kappa shape index (κ2) is 5.94. The Kier molecular flexibility index (Phi) is 3.84. The maximum absolute atomic E-state index is 6.50. The number of hydrogen-bond donors (Lipinski definition) is 0. The van der Waals surface area contributed by atoms with Gasteiger partial charge in [0.2, 0.25) is 7.98 Å². The van der Waals surface area contributed by atoms with E-state index in [0.717, 1.165) is 38.9 Å². The van der Waals surface area contributed by atoms with Gasteiger partial charge in [-0.3, -0.25) is 0 Å². The first-order valence-electron chi connectivity index (χ1n) is 8.93. The SMILES string of the molecule is [B]N(c1ccccc1C)c1cccc2c1oc1c(C(C)(C)C)cccc12. The predicted octanol–water partition coefficient (Wildman–Crippen LogP) is 6.41. The lowest BCUT2D eigenvalue weighted by Gasteiger charge is -2.22. The van der Waals surface area contributed by atoms with Crippen LogP contribution in [0.1, 0.15) is 31.9 Å². The molecule has 0 bridgehead atoms. The Hall–Kier alpha value is -2.68. The van der Waals surface area contributed by atoms with Crippen LogP contribution in [0.5, 0.6) is 0 Å². The highest BCUT2D eigenvalue weighted by atomic mass is 16.3. The largest absolute Gasteiger partial charge is 0.454 e. The van der Waals surface area contributed by atoms with Crippen molar-refractivity contribution in [2.45, 2.75) is 33.1 Å². The second-order valence-electron chi connectivity index (χ2n) is 7.84. The molecule has 0 N–H and O–H groups in total. The molecular weight excluding hydrogens is 317 g/mol. The molecule has 0 atom stereocenters. The van der Waals surface area contributed by atoms with Gasteiger partial charge in [-0.25, -0.2) is 0 Å². The molecule has 2 radical (unpaired) electrons. The normalized spacial score (nSPS) is 12.0. The Morgan fingerprint density at radius 1 is 0.769 bits per heavy atom. The Balaban J connectivity index is 1.99. The molecule has 1 heterocycles. The van der Waals surface area contributed by atoms with E-state index in [-0.39, 0.29) is 5.41 Å². The molecule has 0 spiro atoms. The van der Waals surface area contributed by atoms with Gasteiger partial charge in [0.05, 0.1) is 5.69 Å². The van der Waals surface area contributed by atoms with E-state index < -0.39 is 0 Å². The van der Waals surface area contributed by atoms with Crippen LogP contribution in [0.25, 0.3) is 21.9 Å². The minimum Gasteiger partial charge on any atom is -0.454 e. The summed E-state index contributed by atoms with van der Waals surface area (Å²) in [7, 11) is 6.50. The lowest BCUT2D eigenvalue weighted by atomic mass is 9.86. The van der Waals surface area contributed by atoms with E-state index in [0.29, 0.717) is 0 Å². The van der Waals surface area contributed by atoms with Crippen LogP contribution in [-0.4, -0.2) is 7.98 Å². The summed E-state index contributed by atoms with van der Waals surface area (Å²) < 4.78 is 6.40. The third-order valence-corrected chi connectivity index (χ3v) is 4.95. The summed E-state index contributed by atoms with van der Waals surface area (Å²) in [5.74, 6) is 0. The van der Waals surface area contributed by atoms with Crippen molar-refractivity contribution in [1.29, 1.82) is 0 Å². The second-order valence-corrected chi connectivity index (χ2v) is 7.84. The monoisotopic (exact) mass is 339 g/mol. The van der Waals surface area contributed by atoms with E-state index >= 15 is 0 Å². The van der Waals surface area contributed by atoms with Gasteiger partial charge in [0, 0.05) is 22.0 Å². The van der Waals surface area contributed by atoms with Gasteiger partial charge < -0.3 is 9.23 Å². The van der Waals surface area contributed by atoms with E-state index in [4.69, 9.17) is 12.4 Å². The van der Waals surface area contributed by atoms with Gasteiger partial charge in [-0.15, -0.1) is 0 Å². The van der Waals surface area contributed by atoms with Crippen LogP contribution in [0.2, 0.25) is 0 Å². The van der Waals surface area contributed by atoms with Gasteiger partial charge in [0.1, 0.15) is 5.58 Å². The van der Waals surface area contributed by atoms with Gasteiger partial charge in [0.25, 0.3) is 0 Å². The molecule has 0 aliphatic carbocycles. The lowest BCUT2D eigenvalue weighted by Crippen LogP contribution is -2.13. The number of nitrogens with zero attached hydrogens (tertiary/aromatic N) is 1. The number of fused-ring (bicyclic) bond motifs is 3. The van der Waals surface area contributed by atoms with E-state index in [9.17, 15) is 0 Å². The number of para-hydroxylation sites is 3. The summed E-state index contributed by atoms with van der Waals surface area (Å²) in [6, 6.07) is 20.6. The Labute approximate surface area is 155 Å². The smallest absolute Gasteiger partial charge is 0.234 e. The van der Waals surface area contributed by atoms with Gasteiger partial charge in [-0.05, 0) is 30.0 Å². The quantitative estimate of drug-likeness (QED) is 0.392. The standard InChI is InChI=1S/C23H22BNO/c1-15-9-5-6-13-19(15)25(24)20-14-8-11-17-16-10-7-12-18(23(2,3)4)21(16)26-22(17)20/h5-14H,1-4H3. The maximum atomic E-state index is 6.50. The molecular formula is C23H22BNO. The van der Waals surface area contributed by atoms with Crippen molar-refractivity contribution in [2.24, 2.45) is 0 Å². The van der Waals surface area contributed by atoms with E-state index in [2.05, 4.69) is 58.0 Å². The molecule has 3 aromatic carbocycles. The van der Waals surface area contributed by atoms with Crippen molar-refractivity contribution in [2.75, 3.05) is 4.81 Å². The van der Waals surface area contributed by atoms with Crippen molar-refractivity contribution in [1.82, 2.24) is 0 Å². The molecule has 0 saturated carbocycles. The first-order valence-corrected chi connectivity index (χ1v) is 8.93. The van der Waals surface area contributed by atoms with Crippen LogP contribution >= 0.6 is 0 Å². The molecule has 128 valence electrons. The Morgan fingerprint density at radius 2 is 1.38 bits per heavy atom. The highest BCUT2D eigenvalue weighted by molar-refractivity contribution is 6.25. The van der Waals surface area contributed by atoms with E-state index in [1.165, 1.54) is 5.56 Å². The average molecular weight is 339 g/mol. The molecule has 4 aromatic rings. The summed E-state index contributed by atoms with van der Waals surface area (Å²) in [6.45, 7) is 8.68. The lowest BCUT2D eigenvalue weighted by molar-refractivity contribution is 0.573. The highest BCUT2D eigenvalue weighted by Gasteiger charge is 2.22. The fraction of sp³-hybridized carbons (Fsp3) is 0.217. The number of benzene rings is 3. The predicted molar refractivity (Wildman–Crippen MR) is 111 cm³/mol. The van der Waals surface area contributed by atoms with Crippen molar-refractivity contribution in [3.05, 3.63) is 71.8 Å². The van der Waals surface area contributed by atoms with E-state index in [1.807, 2.05) is 30.3 Å². The fourth-order valence-corrected chi connectivity index (χ4v) is 3.55. The molecule has 0 saturated heterocycles. The zero-order valence-electron chi connectivity index (χ0n) is 15.7. The van der Waals surface area contributed by atoms with Crippen molar-refractivity contribution in [3.8, 4) is 0 Å². The number of aryl methyl sites for hydroxylation is 1. The van der Waals surface area contributed by atoms with Crippen LogP contribution in [-0.2, 0) is 5.41 Å². The van der Waals surface area contributed by atoms with Gasteiger partial charge in [0.15, 0.2) is 5.58 Å². The van der Waals surface area contributed by atoms with Gasteiger partial charge in [-0.1, -0.05) is 69.3 Å². The molecule has 0 aliphatic rings. The summed E-state index contributed by atoms with van der Waals surface area (Å²) in [5.41, 5.74) is 5.94. The first-order chi connectivity index (χ1) is 12.4. The topological polar surface area (TPSA) is 16.4 Å². The molecule has 26 heavy (non-hydrogen) atoms. The Morgan fingerprint density at radius 3 is 2.08 bits per heavy atom. The third-order valence-electron chi connectivity index (χ3n) is 4.95. The minimum atomic E-state index is 0.00592. The summed E-state index contributed by atoms with van der Waals surface area (Å²) in [5, 5.41) is 2.22. The number of furan rings is 1. The van der Waals surface area contributed by atoms with Crippen LogP contribution in [0, 0.1) is 6.92 Å². The summed E-state index contributed by atoms with van der Waals surface area (Å²) in [6.07, 6.45) is 0. The maximum Gasteiger partial charge on any atom is 0.234 e. The number of rotatable bonds is 2. The molecule has 0 amide bonds. The minimum absolute atomic E-state index is 0.00592. The van der Waals surface area contributed by atoms with Crippen molar-refractivity contribution in [3.63, 3.8) is 0 Å². The van der Waals surface area contributed by atoms with Crippen molar-refractivity contribution < 1.29 is 4.42 Å². The molecule has 0 unspecified atom stereocenters. The van der Waals surface area contributed by atoms with Gasteiger partial charge in [-0.2, -0.15) is 0 Å². The molecule has 0 fully saturated rings. The zero-order valence-corrected chi connectivity index (χ0v) is 15.7. The van der Waals surface area contributed by atoms with Crippen LogP contribution in [0.15, 0.2) is 65.1 Å². The summed E-state index contributed by atoms with van der Waals surface area (Å²) >= 11 is 0. The fourth-order valence-electron chi connectivity index (χ4n) is 3.55. The third kappa shape index (κ3) is 2.59. The van der Waals surface area contributed by atoms with E-state index in [1.54, 1.807) is 4.81 Å². The van der Waals surface area contributed by atoms with Gasteiger partial charge >= 0.3 is 0 Å². The molecule has 1 aromatic heterocycles. The van der Waals surface area contributed by atoms with Crippen LogP contribution in [0.3, 0.4) is 0 Å².